The van der Waals surface area contributed by atoms with Crippen molar-refractivity contribution >= 4 is 11.9 Å². The minimum atomic E-state index is -0.814. The Morgan fingerprint density at radius 3 is 2.76 bits per heavy atom. The van der Waals surface area contributed by atoms with Gasteiger partial charge in [-0.15, -0.1) is 0 Å². The molecule has 0 saturated heterocycles. The van der Waals surface area contributed by atoms with Gasteiger partial charge in [-0.25, -0.2) is 0 Å². The smallest absolute Gasteiger partial charge is 0.311 e. The van der Waals surface area contributed by atoms with Crippen molar-refractivity contribution in [2.45, 2.75) is 25.7 Å². The van der Waals surface area contributed by atoms with E-state index in [1.54, 1.807) is 12.3 Å². The molecule has 0 bridgehead atoms. The molecule has 0 radical (unpaired) electrons. The van der Waals surface area contributed by atoms with Crippen LogP contribution in [0.2, 0.25) is 0 Å². The SMILES string of the molecule is O=C(Cc1ccn[nH]1)NCC1(C(=O)O)CCC1. The summed E-state index contributed by atoms with van der Waals surface area (Å²) in [5.41, 5.74) is -0.00982. The molecule has 1 aliphatic rings. The third kappa shape index (κ3) is 2.46. The van der Waals surface area contributed by atoms with Crippen molar-refractivity contribution < 1.29 is 14.7 Å². The van der Waals surface area contributed by atoms with E-state index in [1.807, 2.05) is 0 Å². The first-order chi connectivity index (χ1) is 8.12. The molecular weight excluding hydrogens is 222 g/mol. The molecule has 0 aliphatic heterocycles. The van der Waals surface area contributed by atoms with Gasteiger partial charge in [0.25, 0.3) is 0 Å². The monoisotopic (exact) mass is 237 g/mol. The Bertz CT molecular complexity index is 410. The number of carboxylic acids is 1. The Balaban J connectivity index is 1.82. The number of nitrogens with zero attached hydrogens (tertiary/aromatic N) is 1. The molecule has 0 unspecified atom stereocenters. The highest BCUT2D eigenvalue weighted by Crippen LogP contribution is 2.40. The maximum absolute atomic E-state index is 11.6. The zero-order valence-corrected chi connectivity index (χ0v) is 9.40. The topological polar surface area (TPSA) is 95.1 Å². The molecule has 1 heterocycles. The number of amides is 1. The lowest BCUT2D eigenvalue weighted by atomic mass is 9.69. The Morgan fingerprint density at radius 1 is 1.53 bits per heavy atom. The van der Waals surface area contributed by atoms with Crippen LogP contribution in [0.1, 0.15) is 25.0 Å². The lowest BCUT2D eigenvalue weighted by molar-refractivity contribution is -0.154. The van der Waals surface area contributed by atoms with Gasteiger partial charge in [0.1, 0.15) is 0 Å². The summed E-state index contributed by atoms with van der Waals surface area (Å²) in [6, 6.07) is 1.72. The standard InChI is InChI=1S/C11H15N3O3/c15-9(6-8-2-5-13-14-8)12-7-11(10(16)17)3-1-4-11/h2,5H,1,3-4,6-7H2,(H,12,15)(H,13,14)(H,16,17). The predicted octanol–water partition coefficient (Wildman–Crippen LogP) is 0.323. The van der Waals surface area contributed by atoms with Crippen LogP contribution in [0.25, 0.3) is 0 Å². The Kier molecular flexibility index (Phi) is 3.12. The number of aromatic amines is 1. The number of aromatic nitrogens is 2. The third-order valence-electron chi connectivity index (χ3n) is 3.30. The van der Waals surface area contributed by atoms with Gasteiger partial charge in [0, 0.05) is 18.4 Å². The van der Waals surface area contributed by atoms with Gasteiger partial charge in [-0.3, -0.25) is 14.7 Å². The van der Waals surface area contributed by atoms with Crippen LogP contribution < -0.4 is 5.32 Å². The maximum Gasteiger partial charge on any atom is 0.311 e. The highest BCUT2D eigenvalue weighted by molar-refractivity contribution is 5.80. The van der Waals surface area contributed by atoms with Crippen LogP contribution in [0.15, 0.2) is 12.3 Å². The summed E-state index contributed by atoms with van der Waals surface area (Å²) in [6.45, 7) is 0.218. The molecule has 6 heteroatoms. The number of carbonyl (C=O) groups is 2. The molecule has 0 aromatic carbocycles. The molecular formula is C11H15N3O3. The number of carbonyl (C=O) groups excluding carboxylic acids is 1. The van der Waals surface area contributed by atoms with Gasteiger partial charge in [-0.2, -0.15) is 5.10 Å². The van der Waals surface area contributed by atoms with Crippen LogP contribution in [0.3, 0.4) is 0 Å². The predicted molar refractivity (Wildman–Crippen MR) is 59.2 cm³/mol. The van der Waals surface area contributed by atoms with Crippen molar-refractivity contribution in [1.29, 1.82) is 0 Å². The molecule has 3 N–H and O–H groups in total. The van der Waals surface area contributed by atoms with E-state index in [2.05, 4.69) is 15.5 Å². The van der Waals surface area contributed by atoms with Gasteiger partial charge >= 0.3 is 5.97 Å². The number of nitrogens with one attached hydrogen (secondary N) is 2. The van der Waals surface area contributed by atoms with Gasteiger partial charge in [-0.05, 0) is 18.9 Å². The number of aliphatic carboxylic acids is 1. The second-order valence-electron chi connectivity index (χ2n) is 4.47. The van der Waals surface area contributed by atoms with Crippen molar-refractivity contribution in [3.63, 3.8) is 0 Å². The Morgan fingerprint density at radius 2 is 2.29 bits per heavy atom. The second-order valence-corrected chi connectivity index (χ2v) is 4.47. The number of H-pyrrole nitrogens is 1. The summed E-state index contributed by atoms with van der Waals surface area (Å²) in [5, 5.41) is 18.2. The highest BCUT2D eigenvalue weighted by Gasteiger charge is 2.44. The van der Waals surface area contributed by atoms with Gasteiger partial charge in [-0.1, -0.05) is 6.42 Å². The largest absolute Gasteiger partial charge is 0.481 e. The molecule has 1 aliphatic carbocycles. The first kappa shape index (κ1) is 11.6. The summed E-state index contributed by atoms with van der Waals surface area (Å²) in [7, 11) is 0. The van der Waals surface area contributed by atoms with Crippen molar-refractivity contribution in [3.05, 3.63) is 18.0 Å². The zero-order chi connectivity index (χ0) is 12.3. The molecule has 1 aromatic heterocycles. The van der Waals surface area contributed by atoms with Crippen molar-refractivity contribution in [2.75, 3.05) is 6.54 Å². The van der Waals surface area contributed by atoms with Crippen molar-refractivity contribution in [2.24, 2.45) is 5.41 Å². The second kappa shape index (κ2) is 4.57. The fourth-order valence-electron chi connectivity index (χ4n) is 1.96. The summed E-state index contributed by atoms with van der Waals surface area (Å²) in [6.07, 6.45) is 3.99. The molecule has 6 nitrogen and oxygen atoms in total. The average Bonchev–Trinajstić information content (AvgIpc) is 2.68. The van der Waals surface area contributed by atoms with Crippen LogP contribution in [0, 0.1) is 5.41 Å². The quantitative estimate of drug-likeness (QED) is 0.687. The number of rotatable bonds is 5. The fraction of sp³-hybridized carbons (Fsp3) is 0.545. The molecule has 2 rings (SSSR count). The van der Waals surface area contributed by atoms with E-state index in [-0.39, 0.29) is 18.9 Å². The van der Waals surface area contributed by atoms with Crippen molar-refractivity contribution in [1.82, 2.24) is 15.5 Å². The van der Waals surface area contributed by atoms with E-state index in [4.69, 9.17) is 5.11 Å². The molecule has 1 saturated carbocycles. The normalized spacial score (nSPS) is 17.2. The van der Waals surface area contributed by atoms with Crippen LogP contribution in [-0.2, 0) is 16.0 Å². The van der Waals surface area contributed by atoms with Crippen LogP contribution >= 0.6 is 0 Å². The number of hydrogen-bond donors (Lipinski definition) is 3. The summed E-state index contributed by atoms with van der Waals surface area (Å²) in [5.74, 6) is -0.993. The van der Waals surface area contributed by atoms with E-state index >= 15 is 0 Å². The molecule has 92 valence electrons. The van der Waals surface area contributed by atoms with E-state index in [0.29, 0.717) is 12.8 Å². The fourth-order valence-corrected chi connectivity index (χ4v) is 1.96. The minimum absolute atomic E-state index is 0.179. The van der Waals surface area contributed by atoms with E-state index in [1.165, 1.54) is 0 Å². The van der Waals surface area contributed by atoms with E-state index in [9.17, 15) is 9.59 Å². The summed E-state index contributed by atoms with van der Waals surface area (Å²) in [4.78, 5) is 22.6. The summed E-state index contributed by atoms with van der Waals surface area (Å²) < 4.78 is 0. The average molecular weight is 237 g/mol. The maximum atomic E-state index is 11.6. The molecule has 0 spiro atoms. The van der Waals surface area contributed by atoms with Crippen LogP contribution in [0.4, 0.5) is 0 Å². The molecule has 1 amide bonds. The lowest BCUT2D eigenvalue weighted by Crippen LogP contribution is -2.47. The molecule has 1 fully saturated rings. The lowest BCUT2D eigenvalue weighted by Gasteiger charge is -2.37. The van der Waals surface area contributed by atoms with Gasteiger partial charge in [0.2, 0.25) is 5.91 Å². The molecule has 17 heavy (non-hydrogen) atoms. The van der Waals surface area contributed by atoms with Crippen LogP contribution in [-0.4, -0.2) is 33.7 Å². The van der Waals surface area contributed by atoms with Crippen LogP contribution in [0.5, 0.6) is 0 Å². The molecule has 0 atom stereocenters. The van der Waals surface area contributed by atoms with Gasteiger partial charge in [0.05, 0.1) is 11.8 Å². The van der Waals surface area contributed by atoms with E-state index in [0.717, 1.165) is 12.1 Å². The number of hydrogen-bond acceptors (Lipinski definition) is 3. The Hall–Kier alpha value is -1.85. The zero-order valence-electron chi connectivity index (χ0n) is 9.40. The first-order valence-corrected chi connectivity index (χ1v) is 5.61. The van der Waals surface area contributed by atoms with Crippen molar-refractivity contribution in [3.8, 4) is 0 Å². The Labute approximate surface area is 98.4 Å². The minimum Gasteiger partial charge on any atom is -0.481 e. The van der Waals surface area contributed by atoms with E-state index < -0.39 is 11.4 Å². The highest BCUT2D eigenvalue weighted by atomic mass is 16.4. The first-order valence-electron chi connectivity index (χ1n) is 5.61. The number of carboxylic acid groups (broad SMARTS) is 1. The summed E-state index contributed by atoms with van der Waals surface area (Å²) >= 11 is 0. The van der Waals surface area contributed by atoms with Gasteiger partial charge < -0.3 is 10.4 Å². The van der Waals surface area contributed by atoms with Gasteiger partial charge in [0.15, 0.2) is 0 Å². The molecule has 1 aromatic rings. The third-order valence-corrected chi connectivity index (χ3v) is 3.30.